The van der Waals surface area contributed by atoms with E-state index < -0.39 is 0 Å². The van der Waals surface area contributed by atoms with E-state index in [-0.39, 0.29) is 24.0 Å². The van der Waals surface area contributed by atoms with Crippen LogP contribution < -0.4 is 10.6 Å². The highest BCUT2D eigenvalue weighted by Gasteiger charge is 2.21. The number of ether oxygens (including phenoxy) is 2. The van der Waals surface area contributed by atoms with Crippen LogP contribution in [0.2, 0.25) is 0 Å². The van der Waals surface area contributed by atoms with Gasteiger partial charge in [-0.1, -0.05) is 0 Å². The Hall–Kier alpha value is -0.120. The number of nitrogens with one attached hydrogen (secondary N) is 2. The van der Waals surface area contributed by atoms with Gasteiger partial charge in [0, 0.05) is 52.5 Å². The highest BCUT2D eigenvalue weighted by Crippen LogP contribution is 2.28. The molecule has 0 aromatic carbocycles. The first-order valence-corrected chi connectivity index (χ1v) is 10.1. The summed E-state index contributed by atoms with van der Waals surface area (Å²) in [4.78, 5) is 7.14. The standard InChI is InChI=1S/C19H38N4O2.HI/c1-4-20-19(22-10-6-12-24-15-18-7-8-18)21-9-5-11-23-13-16(2)25-17(3)14-23;/h16-18H,4-15H2,1-3H3,(H2,20,21,22);1H. The van der Waals surface area contributed by atoms with E-state index in [9.17, 15) is 0 Å². The number of guanidine groups is 1. The van der Waals surface area contributed by atoms with Crippen molar-refractivity contribution in [1.82, 2.24) is 15.5 Å². The lowest BCUT2D eigenvalue weighted by molar-refractivity contribution is -0.0679. The Morgan fingerprint density at radius 2 is 1.88 bits per heavy atom. The molecular formula is C19H39IN4O2. The average molecular weight is 482 g/mol. The molecule has 2 fully saturated rings. The zero-order chi connectivity index (χ0) is 17.9. The molecule has 2 N–H and O–H groups in total. The van der Waals surface area contributed by atoms with E-state index in [1.807, 2.05) is 0 Å². The van der Waals surface area contributed by atoms with Gasteiger partial charge in [0.15, 0.2) is 5.96 Å². The second kappa shape index (κ2) is 14.0. The molecule has 7 heteroatoms. The lowest BCUT2D eigenvalue weighted by atomic mass is 10.2. The van der Waals surface area contributed by atoms with E-state index in [0.29, 0.717) is 12.2 Å². The zero-order valence-corrected chi connectivity index (χ0v) is 19.2. The van der Waals surface area contributed by atoms with Crippen LogP contribution in [-0.2, 0) is 9.47 Å². The monoisotopic (exact) mass is 482 g/mol. The quantitative estimate of drug-likeness (QED) is 0.205. The third kappa shape index (κ3) is 10.9. The van der Waals surface area contributed by atoms with Crippen molar-refractivity contribution in [3.8, 4) is 0 Å². The number of aliphatic imine (C=N–C) groups is 1. The topological polar surface area (TPSA) is 58.1 Å². The van der Waals surface area contributed by atoms with Gasteiger partial charge in [-0.15, -0.1) is 24.0 Å². The highest BCUT2D eigenvalue weighted by molar-refractivity contribution is 14.0. The fraction of sp³-hybridized carbons (Fsp3) is 0.947. The van der Waals surface area contributed by atoms with Crippen LogP contribution in [0.15, 0.2) is 4.99 Å². The van der Waals surface area contributed by atoms with E-state index in [1.54, 1.807) is 0 Å². The molecule has 0 aromatic rings. The van der Waals surface area contributed by atoms with Gasteiger partial charge >= 0.3 is 0 Å². The lowest BCUT2D eigenvalue weighted by Gasteiger charge is -2.35. The van der Waals surface area contributed by atoms with E-state index in [1.165, 1.54) is 12.8 Å². The van der Waals surface area contributed by atoms with Crippen LogP contribution in [0.3, 0.4) is 0 Å². The summed E-state index contributed by atoms with van der Waals surface area (Å²) < 4.78 is 11.4. The van der Waals surface area contributed by atoms with Gasteiger partial charge in [-0.3, -0.25) is 9.89 Å². The number of halogens is 1. The van der Waals surface area contributed by atoms with E-state index in [4.69, 9.17) is 9.47 Å². The predicted octanol–water partition coefficient (Wildman–Crippen LogP) is 2.48. The van der Waals surface area contributed by atoms with Crippen molar-refractivity contribution in [3.05, 3.63) is 0 Å². The van der Waals surface area contributed by atoms with Crippen molar-refractivity contribution in [2.45, 2.75) is 58.7 Å². The Balaban J connectivity index is 0.00000338. The molecule has 0 aromatic heterocycles. The molecule has 6 nitrogen and oxygen atoms in total. The summed E-state index contributed by atoms with van der Waals surface area (Å²) in [6.07, 6.45) is 5.51. The molecule has 1 heterocycles. The maximum atomic E-state index is 5.78. The Morgan fingerprint density at radius 3 is 2.54 bits per heavy atom. The minimum Gasteiger partial charge on any atom is -0.381 e. The zero-order valence-electron chi connectivity index (χ0n) is 16.8. The van der Waals surface area contributed by atoms with Gasteiger partial charge in [-0.2, -0.15) is 0 Å². The van der Waals surface area contributed by atoms with E-state index >= 15 is 0 Å². The van der Waals surface area contributed by atoms with Crippen LogP contribution in [0.5, 0.6) is 0 Å². The molecule has 0 spiro atoms. The summed E-state index contributed by atoms with van der Waals surface area (Å²) in [5, 5.41) is 6.76. The van der Waals surface area contributed by atoms with Gasteiger partial charge in [0.25, 0.3) is 0 Å². The van der Waals surface area contributed by atoms with Crippen LogP contribution in [-0.4, -0.2) is 75.5 Å². The number of morpholine rings is 1. The van der Waals surface area contributed by atoms with E-state index in [0.717, 1.165) is 77.2 Å². The van der Waals surface area contributed by atoms with Crippen molar-refractivity contribution in [2.75, 3.05) is 52.5 Å². The Morgan fingerprint density at radius 1 is 1.15 bits per heavy atom. The summed E-state index contributed by atoms with van der Waals surface area (Å²) in [6, 6.07) is 0. The number of hydrogen-bond acceptors (Lipinski definition) is 4. The van der Waals surface area contributed by atoms with Gasteiger partial charge in [0.05, 0.1) is 12.2 Å². The third-order valence-electron chi connectivity index (χ3n) is 4.55. The maximum absolute atomic E-state index is 5.78. The largest absolute Gasteiger partial charge is 0.381 e. The van der Waals surface area contributed by atoms with Gasteiger partial charge in [-0.25, -0.2) is 0 Å². The van der Waals surface area contributed by atoms with Crippen molar-refractivity contribution < 1.29 is 9.47 Å². The molecule has 1 aliphatic heterocycles. The smallest absolute Gasteiger partial charge is 0.191 e. The third-order valence-corrected chi connectivity index (χ3v) is 4.55. The number of rotatable bonds is 11. The van der Waals surface area contributed by atoms with Crippen LogP contribution in [0.1, 0.15) is 46.5 Å². The molecule has 1 saturated carbocycles. The Labute approximate surface area is 176 Å². The molecule has 1 saturated heterocycles. The van der Waals surface area contributed by atoms with Gasteiger partial charge < -0.3 is 20.1 Å². The molecule has 2 unspecified atom stereocenters. The summed E-state index contributed by atoms with van der Waals surface area (Å²) in [7, 11) is 0. The van der Waals surface area contributed by atoms with Crippen LogP contribution in [0.4, 0.5) is 0 Å². The van der Waals surface area contributed by atoms with Crippen LogP contribution >= 0.6 is 24.0 Å². The number of hydrogen-bond donors (Lipinski definition) is 2. The first kappa shape index (κ1) is 23.9. The minimum atomic E-state index is 0. The molecule has 2 aliphatic rings. The molecule has 2 rings (SSSR count). The second-order valence-corrected chi connectivity index (χ2v) is 7.43. The summed E-state index contributed by atoms with van der Waals surface area (Å²) in [5.41, 5.74) is 0. The second-order valence-electron chi connectivity index (χ2n) is 7.43. The first-order valence-electron chi connectivity index (χ1n) is 10.1. The Bertz CT molecular complexity index is 384. The molecule has 26 heavy (non-hydrogen) atoms. The molecule has 1 aliphatic carbocycles. The number of nitrogens with zero attached hydrogens (tertiary/aromatic N) is 2. The molecule has 0 radical (unpaired) electrons. The average Bonchev–Trinajstić information content (AvgIpc) is 3.38. The summed E-state index contributed by atoms with van der Waals surface area (Å²) in [6.45, 7) is 14.0. The Kier molecular flexibility index (Phi) is 12.8. The molecule has 154 valence electrons. The van der Waals surface area contributed by atoms with Crippen LogP contribution in [0, 0.1) is 5.92 Å². The van der Waals surface area contributed by atoms with Crippen molar-refractivity contribution in [1.29, 1.82) is 0 Å². The molecule has 0 bridgehead atoms. The normalized spacial score (nSPS) is 24.2. The molecule has 2 atom stereocenters. The van der Waals surface area contributed by atoms with E-state index in [2.05, 4.69) is 41.3 Å². The van der Waals surface area contributed by atoms with Gasteiger partial charge in [-0.05, 0) is 52.4 Å². The van der Waals surface area contributed by atoms with Crippen molar-refractivity contribution in [2.24, 2.45) is 10.9 Å². The van der Waals surface area contributed by atoms with Crippen molar-refractivity contribution >= 4 is 29.9 Å². The fourth-order valence-electron chi connectivity index (χ4n) is 3.21. The van der Waals surface area contributed by atoms with Gasteiger partial charge in [0.2, 0.25) is 0 Å². The van der Waals surface area contributed by atoms with Crippen molar-refractivity contribution in [3.63, 3.8) is 0 Å². The SMILES string of the molecule is CCNC(=NCCCOCC1CC1)NCCCN1CC(C)OC(C)C1.I. The summed E-state index contributed by atoms with van der Waals surface area (Å²) in [5.74, 6) is 1.77. The minimum absolute atomic E-state index is 0. The lowest BCUT2D eigenvalue weighted by Crippen LogP contribution is -2.46. The highest BCUT2D eigenvalue weighted by atomic mass is 127. The first-order chi connectivity index (χ1) is 12.2. The molecular weight excluding hydrogens is 443 g/mol. The predicted molar refractivity (Wildman–Crippen MR) is 119 cm³/mol. The van der Waals surface area contributed by atoms with Crippen LogP contribution in [0.25, 0.3) is 0 Å². The van der Waals surface area contributed by atoms with Gasteiger partial charge in [0.1, 0.15) is 0 Å². The summed E-state index contributed by atoms with van der Waals surface area (Å²) >= 11 is 0. The fourth-order valence-corrected chi connectivity index (χ4v) is 3.21. The maximum Gasteiger partial charge on any atom is 0.191 e. The molecule has 0 amide bonds.